The molecule has 2 N–H and O–H groups in total. The van der Waals surface area contributed by atoms with Crippen LogP contribution in [0.5, 0.6) is 0 Å². The number of rotatable bonds is 6. The number of nitrogen functional groups attached to an aromatic ring is 1. The summed E-state index contributed by atoms with van der Waals surface area (Å²) in [5.41, 5.74) is 7.26. The van der Waals surface area contributed by atoms with E-state index in [9.17, 15) is 4.21 Å². The van der Waals surface area contributed by atoms with Crippen LogP contribution in [0.15, 0.2) is 23.1 Å². The number of para-hydroxylation sites is 1. The van der Waals surface area contributed by atoms with Crippen molar-refractivity contribution in [2.75, 3.05) is 11.5 Å². The molecule has 0 bridgehead atoms. The molecule has 3 nitrogen and oxygen atoms in total. The molecule has 0 aliphatic heterocycles. The average molecular weight is 278 g/mol. The van der Waals surface area contributed by atoms with Gasteiger partial charge in [0.15, 0.2) is 0 Å². The van der Waals surface area contributed by atoms with Crippen LogP contribution in [-0.4, -0.2) is 9.96 Å². The van der Waals surface area contributed by atoms with Crippen molar-refractivity contribution in [3.05, 3.63) is 23.8 Å². The summed E-state index contributed by atoms with van der Waals surface area (Å²) in [5.74, 6) is 0.606. The van der Waals surface area contributed by atoms with E-state index in [-0.39, 0.29) is 5.41 Å². The molecule has 19 heavy (non-hydrogen) atoms. The number of nitrogens with zero attached hydrogens (tertiary/aromatic N) is 1. The van der Waals surface area contributed by atoms with E-state index in [1.165, 1.54) is 0 Å². The molecule has 0 fully saturated rings. The van der Waals surface area contributed by atoms with Gasteiger partial charge in [0, 0.05) is 5.75 Å². The topological polar surface area (TPSA) is 66.9 Å². The van der Waals surface area contributed by atoms with Gasteiger partial charge < -0.3 is 5.73 Å². The highest BCUT2D eigenvalue weighted by atomic mass is 32.2. The molecule has 0 aromatic heterocycles. The highest BCUT2D eigenvalue weighted by molar-refractivity contribution is 7.85. The zero-order chi connectivity index (χ0) is 14.5. The number of benzene rings is 1. The molecule has 104 valence electrons. The lowest BCUT2D eigenvalue weighted by Gasteiger charge is -2.14. The minimum Gasteiger partial charge on any atom is -0.398 e. The lowest BCUT2D eigenvalue weighted by molar-refractivity contribution is 0.432. The minimum atomic E-state index is -1.04. The molecule has 0 aliphatic carbocycles. The summed E-state index contributed by atoms with van der Waals surface area (Å²) in [6.45, 7) is 5.79. The van der Waals surface area contributed by atoms with Crippen molar-refractivity contribution in [3.8, 4) is 6.07 Å². The second-order valence-corrected chi connectivity index (χ2v) is 7.03. The van der Waals surface area contributed by atoms with Crippen molar-refractivity contribution in [2.45, 2.75) is 44.9 Å². The number of hydrogen-bond donors (Lipinski definition) is 1. The molecule has 1 unspecified atom stereocenters. The van der Waals surface area contributed by atoms with Crippen molar-refractivity contribution < 1.29 is 4.21 Å². The van der Waals surface area contributed by atoms with E-state index >= 15 is 0 Å². The van der Waals surface area contributed by atoms with Crippen LogP contribution < -0.4 is 5.73 Å². The van der Waals surface area contributed by atoms with Crippen molar-refractivity contribution in [1.29, 1.82) is 5.26 Å². The van der Waals surface area contributed by atoms with Gasteiger partial charge in [-0.25, -0.2) is 0 Å². The van der Waals surface area contributed by atoms with E-state index in [4.69, 9.17) is 11.0 Å². The monoisotopic (exact) mass is 278 g/mol. The highest BCUT2D eigenvalue weighted by Crippen LogP contribution is 2.24. The lowest BCUT2D eigenvalue weighted by atomic mass is 9.89. The molecule has 0 radical (unpaired) electrons. The van der Waals surface area contributed by atoms with Crippen LogP contribution in [0.3, 0.4) is 0 Å². The van der Waals surface area contributed by atoms with Crippen LogP contribution in [0, 0.1) is 23.7 Å². The summed E-state index contributed by atoms with van der Waals surface area (Å²) in [6, 6.07) is 7.92. The van der Waals surface area contributed by atoms with Crippen LogP contribution in [0.25, 0.3) is 0 Å². The van der Waals surface area contributed by atoms with Gasteiger partial charge in [-0.05, 0) is 45.2 Å². The van der Waals surface area contributed by atoms with Gasteiger partial charge in [-0.3, -0.25) is 4.21 Å². The third-order valence-corrected chi connectivity index (χ3v) is 4.72. The zero-order valence-corrected chi connectivity index (χ0v) is 12.7. The van der Waals surface area contributed by atoms with Gasteiger partial charge in [0.2, 0.25) is 0 Å². The van der Waals surface area contributed by atoms with Crippen molar-refractivity contribution in [1.82, 2.24) is 0 Å². The number of aryl methyl sites for hydroxylation is 1. The fourth-order valence-corrected chi connectivity index (χ4v) is 3.14. The Labute approximate surface area is 118 Å². The Hall–Kier alpha value is -1.34. The molecule has 4 heteroatoms. The maximum atomic E-state index is 12.2. The summed E-state index contributed by atoms with van der Waals surface area (Å²) in [4.78, 5) is 0.736. The Morgan fingerprint density at radius 1 is 1.37 bits per heavy atom. The van der Waals surface area contributed by atoms with Crippen LogP contribution in [0.4, 0.5) is 5.69 Å². The fourth-order valence-electron chi connectivity index (χ4n) is 1.82. The Bertz CT molecular complexity index is 503. The molecule has 0 saturated carbocycles. The van der Waals surface area contributed by atoms with Crippen molar-refractivity contribution in [2.24, 2.45) is 5.41 Å². The molecular weight excluding hydrogens is 256 g/mol. The second kappa shape index (κ2) is 6.72. The molecule has 1 rings (SSSR count). The molecule has 0 aliphatic rings. The Balaban J connectivity index is 2.49. The largest absolute Gasteiger partial charge is 0.398 e. The first-order valence-corrected chi connectivity index (χ1v) is 7.84. The standard InChI is InChI=1S/C15H22N2OS/c1-12-7-6-8-13(14(12)17)19(18)10-5-4-9-15(2,3)11-16/h6-8H,4-5,9-10,17H2,1-3H3. The molecular formula is C15H22N2OS. The predicted octanol–water partition coefficient (Wildman–Crippen LogP) is 3.40. The van der Waals surface area contributed by atoms with E-state index in [1.807, 2.05) is 39.0 Å². The number of unbranched alkanes of at least 4 members (excludes halogenated alkanes) is 1. The molecule has 1 atom stereocenters. The first-order chi connectivity index (χ1) is 8.87. The van der Waals surface area contributed by atoms with Crippen LogP contribution >= 0.6 is 0 Å². The van der Waals surface area contributed by atoms with Crippen LogP contribution in [0.1, 0.15) is 38.7 Å². The number of hydrogen-bond acceptors (Lipinski definition) is 3. The van der Waals surface area contributed by atoms with E-state index in [0.29, 0.717) is 11.4 Å². The maximum Gasteiger partial charge on any atom is 0.0683 e. The summed E-state index contributed by atoms with van der Waals surface area (Å²) >= 11 is 0. The minimum absolute atomic E-state index is 0.288. The Kier molecular flexibility index (Phi) is 5.56. The number of nitrogens with two attached hydrogens (primary N) is 1. The van der Waals surface area contributed by atoms with E-state index < -0.39 is 10.8 Å². The van der Waals surface area contributed by atoms with Gasteiger partial charge in [-0.15, -0.1) is 0 Å². The SMILES string of the molecule is Cc1cccc(S(=O)CCCCC(C)(C)C#N)c1N. The fraction of sp³-hybridized carbons (Fsp3) is 0.533. The second-order valence-electron chi connectivity index (χ2n) is 5.49. The highest BCUT2D eigenvalue weighted by Gasteiger charge is 2.16. The molecule has 1 aromatic rings. The van der Waals surface area contributed by atoms with Gasteiger partial charge in [0.25, 0.3) is 0 Å². The molecule has 1 aromatic carbocycles. The zero-order valence-electron chi connectivity index (χ0n) is 11.9. The van der Waals surface area contributed by atoms with Gasteiger partial charge in [-0.2, -0.15) is 5.26 Å². The third kappa shape index (κ3) is 4.68. The Morgan fingerprint density at radius 3 is 2.68 bits per heavy atom. The van der Waals surface area contributed by atoms with Crippen molar-refractivity contribution >= 4 is 16.5 Å². The summed E-state index contributed by atoms with van der Waals surface area (Å²) in [6.07, 6.45) is 2.60. The maximum absolute atomic E-state index is 12.2. The number of anilines is 1. The molecule has 0 heterocycles. The Morgan fingerprint density at radius 2 is 2.05 bits per heavy atom. The first kappa shape index (κ1) is 15.7. The van der Waals surface area contributed by atoms with Crippen LogP contribution in [0.2, 0.25) is 0 Å². The van der Waals surface area contributed by atoms with E-state index in [1.54, 1.807) is 0 Å². The third-order valence-electron chi connectivity index (χ3n) is 3.21. The molecule has 0 saturated heterocycles. The number of nitriles is 1. The van der Waals surface area contributed by atoms with Gasteiger partial charge >= 0.3 is 0 Å². The smallest absolute Gasteiger partial charge is 0.0683 e. The first-order valence-electron chi connectivity index (χ1n) is 6.52. The summed E-state index contributed by atoms with van der Waals surface area (Å²) in [7, 11) is -1.04. The van der Waals surface area contributed by atoms with Gasteiger partial charge in [-0.1, -0.05) is 18.6 Å². The summed E-state index contributed by atoms with van der Waals surface area (Å²) in [5, 5.41) is 8.92. The molecule has 0 amide bonds. The van der Waals surface area contributed by atoms with Gasteiger partial charge in [0.05, 0.1) is 32.9 Å². The van der Waals surface area contributed by atoms with Crippen LogP contribution in [-0.2, 0) is 10.8 Å². The van der Waals surface area contributed by atoms with E-state index in [0.717, 1.165) is 29.7 Å². The quantitative estimate of drug-likeness (QED) is 0.640. The normalized spacial score (nSPS) is 12.9. The lowest BCUT2D eigenvalue weighted by Crippen LogP contribution is -2.09. The molecule has 0 spiro atoms. The average Bonchev–Trinajstić information content (AvgIpc) is 2.37. The van der Waals surface area contributed by atoms with Crippen molar-refractivity contribution in [3.63, 3.8) is 0 Å². The van der Waals surface area contributed by atoms with Gasteiger partial charge in [0.1, 0.15) is 0 Å². The van der Waals surface area contributed by atoms with E-state index in [2.05, 4.69) is 6.07 Å². The predicted molar refractivity (Wildman–Crippen MR) is 80.1 cm³/mol. The summed E-state index contributed by atoms with van der Waals surface area (Å²) < 4.78 is 12.2.